The highest BCUT2D eigenvalue weighted by Gasteiger charge is 2.28. The molecule has 0 aromatic rings. The van der Waals surface area contributed by atoms with Gasteiger partial charge in [-0.25, -0.2) is 0 Å². The third kappa shape index (κ3) is 25.3. The molecular weight excluding hydrogens is 478 g/mol. The fourth-order valence-electron chi connectivity index (χ4n) is 6.03. The average Bonchev–Trinajstić information content (AvgIpc) is 3.40. The molecule has 39 heavy (non-hydrogen) atoms. The van der Waals surface area contributed by atoms with Crippen LogP contribution in [0, 0.1) is 0 Å². The summed E-state index contributed by atoms with van der Waals surface area (Å²) in [6.07, 6.45) is 39.9. The molecule has 1 fully saturated rings. The first-order valence-corrected chi connectivity index (χ1v) is 18.3. The number of unbranched alkanes of at least 4 members (excludes halogenated alkanes) is 26. The Hall–Kier alpha value is -0.120. The van der Waals surface area contributed by atoms with Crippen molar-refractivity contribution in [1.82, 2.24) is 5.32 Å². The van der Waals surface area contributed by atoms with Crippen LogP contribution in [0.15, 0.2) is 0 Å². The van der Waals surface area contributed by atoms with E-state index in [-0.39, 0.29) is 12.2 Å². The molecule has 1 heterocycles. The molecule has 234 valence electrons. The van der Waals surface area contributed by atoms with Crippen LogP contribution in [-0.2, 0) is 9.47 Å². The molecule has 0 aliphatic carbocycles. The van der Waals surface area contributed by atoms with Crippen molar-refractivity contribution < 1.29 is 9.47 Å². The standard InChI is InChI=1S/C36H73NO2/c1-3-5-7-9-11-13-15-17-19-21-23-25-27-29-31-38-35-33-37-34-36(35)39-32-30-28-26-24-22-20-18-16-14-12-10-8-6-4-2/h35-37H,3-34H2,1-2H3/t35-,36-/m1/s1. The summed E-state index contributed by atoms with van der Waals surface area (Å²) >= 11 is 0. The van der Waals surface area contributed by atoms with Gasteiger partial charge in [-0.15, -0.1) is 0 Å². The third-order valence-electron chi connectivity index (χ3n) is 8.77. The number of rotatable bonds is 32. The van der Waals surface area contributed by atoms with Gasteiger partial charge in [-0.1, -0.05) is 181 Å². The maximum absolute atomic E-state index is 6.21. The van der Waals surface area contributed by atoms with Crippen molar-refractivity contribution in [3.63, 3.8) is 0 Å². The first kappa shape index (κ1) is 36.9. The van der Waals surface area contributed by atoms with Gasteiger partial charge in [-0.2, -0.15) is 0 Å². The van der Waals surface area contributed by atoms with E-state index in [1.165, 1.54) is 180 Å². The minimum absolute atomic E-state index is 0.263. The second-order valence-corrected chi connectivity index (χ2v) is 12.7. The van der Waals surface area contributed by atoms with Gasteiger partial charge in [-0.3, -0.25) is 0 Å². The van der Waals surface area contributed by atoms with Crippen LogP contribution in [0.4, 0.5) is 0 Å². The Morgan fingerprint density at radius 2 is 0.590 bits per heavy atom. The predicted octanol–water partition coefficient (Wildman–Crippen LogP) is 11.3. The molecule has 3 heteroatoms. The lowest BCUT2D eigenvalue weighted by molar-refractivity contribution is -0.0481. The Balaban J connectivity index is 1.79. The summed E-state index contributed by atoms with van der Waals surface area (Å²) < 4.78 is 12.4. The normalized spacial score (nSPS) is 17.4. The van der Waals surface area contributed by atoms with Crippen LogP contribution in [0.5, 0.6) is 0 Å². The quantitative estimate of drug-likeness (QED) is 0.0843. The summed E-state index contributed by atoms with van der Waals surface area (Å²) in [6, 6.07) is 0. The van der Waals surface area contributed by atoms with E-state index in [2.05, 4.69) is 19.2 Å². The van der Waals surface area contributed by atoms with Gasteiger partial charge >= 0.3 is 0 Å². The van der Waals surface area contributed by atoms with E-state index in [1.807, 2.05) is 0 Å². The zero-order chi connectivity index (χ0) is 27.9. The summed E-state index contributed by atoms with van der Waals surface area (Å²) in [5.41, 5.74) is 0. The van der Waals surface area contributed by atoms with Crippen LogP contribution in [0.1, 0.15) is 194 Å². The third-order valence-corrected chi connectivity index (χ3v) is 8.77. The molecule has 0 aromatic carbocycles. The van der Waals surface area contributed by atoms with E-state index >= 15 is 0 Å². The van der Waals surface area contributed by atoms with Gasteiger partial charge in [0.15, 0.2) is 0 Å². The fourth-order valence-corrected chi connectivity index (χ4v) is 6.03. The summed E-state index contributed by atoms with van der Waals surface area (Å²) in [5.74, 6) is 0. The molecule has 0 amide bonds. The molecule has 0 bridgehead atoms. The van der Waals surface area contributed by atoms with Crippen molar-refractivity contribution in [3.8, 4) is 0 Å². The van der Waals surface area contributed by atoms with Crippen molar-refractivity contribution in [2.24, 2.45) is 0 Å². The summed E-state index contributed by atoms with van der Waals surface area (Å²) in [7, 11) is 0. The largest absolute Gasteiger partial charge is 0.374 e. The Morgan fingerprint density at radius 3 is 0.846 bits per heavy atom. The van der Waals surface area contributed by atoms with Gasteiger partial charge in [0.05, 0.1) is 12.2 Å². The molecular formula is C36H73NO2. The minimum Gasteiger partial charge on any atom is -0.374 e. The van der Waals surface area contributed by atoms with Gasteiger partial charge in [-0.05, 0) is 12.8 Å². The van der Waals surface area contributed by atoms with Crippen LogP contribution in [0.25, 0.3) is 0 Å². The molecule has 0 unspecified atom stereocenters. The van der Waals surface area contributed by atoms with E-state index in [0.29, 0.717) is 0 Å². The molecule has 0 aromatic heterocycles. The molecule has 3 nitrogen and oxygen atoms in total. The Kier molecular flexibility index (Phi) is 29.2. The SMILES string of the molecule is CCCCCCCCCCCCCCCCO[C@@H]1CNC[C@H]1OCCCCCCCCCCCCCCCC. The zero-order valence-corrected chi connectivity index (χ0v) is 27.1. The van der Waals surface area contributed by atoms with Crippen molar-refractivity contribution in [3.05, 3.63) is 0 Å². The first-order valence-electron chi connectivity index (χ1n) is 18.3. The molecule has 1 rings (SSSR count). The Morgan fingerprint density at radius 1 is 0.359 bits per heavy atom. The van der Waals surface area contributed by atoms with E-state index in [1.54, 1.807) is 0 Å². The van der Waals surface area contributed by atoms with E-state index in [0.717, 1.165) is 26.3 Å². The molecule has 0 spiro atoms. The predicted molar refractivity (Wildman–Crippen MR) is 173 cm³/mol. The van der Waals surface area contributed by atoms with Crippen LogP contribution < -0.4 is 5.32 Å². The number of hydrogen-bond donors (Lipinski definition) is 1. The van der Waals surface area contributed by atoms with Crippen molar-refractivity contribution in [1.29, 1.82) is 0 Å². The van der Waals surface area contributed by atoms with Gasteiger partial charge in [0, 0.05) is 26.3 Å². The van der Waals surface area contributed by atoms with Gasteiger partial charge in [0.25, 0.3) is 0 Å². The van der Waals surface area contributed by atoms with E-state index in [9.17, 15) is 0 Å². The van der Waals surface area contributed by atoms with Crippen LogP contribution >= 0.6 is 0 Å². The maximum atomic E-state index is 6.21. The maximum Gasteiger partial charge on any atom is 0.0973 e. The second-order valence-electron chi connectivity index (χ2n) is 12.7. The van der Waals surface area contributed by atoms with Gasteiger partial charge in [0.1, 0.15) is 0 Å². The lowest BCUT2D eigenvalue weighted by Crippen LogP contribution is -2.30. The number of nitrogens with one attached hydrogen (secondary N) is 1. The first-order chi connectivity index (χ1) is 19.4. The lowest BCUT2D eigenvalue weighted by Gasteiger charge is -2.20. The molecule has 0 radical (unpaired) electrons. The van der Waals surface area contributed by atoms with E-state index in [4.69, 9.17) is 9.47 Å². The Bertz CT molecular complexity index is 417. The fraction of sp³-hybridized carbons (Fsp3) is 1.00. The molecule has 1 saturated heterocycles. The monoisotopic (exact) mass is 552 g/mol. The molecule has 0 saturated carbocycles. The van der Waals surface area contributed by atoms with Crippen molar-refractivity contribution >= 4 is 0 Å². The minimum atomic E-state index is 0.263. The molecule has 2 atom stereocenters. The highest BCUT2D eigenvalue weighted by molar-refractivity contribution is 4.83. The van der Waals surface area contributed by atoms with Crippen LogP contribution in [0.2, 0.25) is 0 Å². The van der Waals surface area contributed by atoms with Crippen molar-refractivity contribution in [2.45, 2.75) is 206 Å². The molecule has 1 aliphatic rings. The number of ether oxygens (including phenoxy) is 2. The van der Waals surface area contributed by atoms with Gasteiger partial charge in [0.2, 0.25) is 0 Å². The van der Waals surface area contributed by atoms with E-state index < -0.39 is 0 Å². The second kappa shape index (κ2) is 30.8. The average molecular weight is 552 g/mol. The van der Waals surface area contributed by atoms with Crippen molar-refractivity contribution in [2.75, 3.05) is 26.3 Å². The number of hydrogen-bond acceptors (Lipinski definition) is 3. The summed E-state index contributed by atoms with van der Waals surface area (Å²) in [6.45, 7) is 8.33. The van der Waals surface area contributed by atoms with Crippen LogP contribution in [0.3, 0.4) is 0 Å². The molecule has 1 aliphatic heterocycles. The zero-order valence-electron chi connectivity index (χ0n) is 27.1. The topological polar surface area (TPSA) is 30.5 Å². The highest BCUT2D eigenvalue weighted by Crippen LogP contribution is 2.16. The smallest absolute Gasteiger partial charge is 0.0973 e. The van der Waals surface area contributed by atoms with Crippen LogP contribution in [-0.4, -0.2) is 38.5 Å². The Labute approximate surface area is 246 Å². The highest BCUT2D eigenvalue weighted by atomic mass is 16.5. The van der Waals surface area contributed by atoms with Gasteiger partial charge < -0.3 is 14.8 Å². The molecule has 1 N–H and O–H groups in total. The summed E-state index contributed by atoms with van der Waals surface area (Å²) in [4.78, 5) is 0. The summed E-state index contributed by atoms with van der Waals surface area (Å²) in [5, 5.41) is 3.48. The lowest BCUT2D eigenvalue weighted by atomic mass is 10.0.